The second-order valence-electron chi connectivity index (χ2n) is 5.14. The van der Waals surface area contributed by atoms with E-state index < -0.39 is 11.7 Å². The van der Waals surface area contributed by atoms with Crippen molar-refractivity contribution < 1.29 is 14.3 Å². The number of likely N-dealkylation sites (N-methyl/N-ethyl adjacent to an activating group) is 1. The minimum absolute atomic E-state index is 0.0135. The molecule has 0 bridgehead atoms. The summed E-state index contributed by atoms with van der Waals surface area (Å²) in [7, 11) is 2.02. The zero-order chi connectivity index (χ0) is 15.2. The van der Waals surface area contributed by atoms with E-state index in [4.69, 9.17) is 5.11 Å². The molecule has 4 nitrogen and oxygen atoms in total. The molecule has 1 aromatic carbocycles. The molecule has 0 saturated carbocycles. The number of amides is 1. The second kappa shape index (κ2) is 7.21. The molecule has 2 N–H and O–H groups in total. The topological polar surface area (TPSA) is 52.6 Å². The van der Waals surface area contributed by atoms with Crippen molar-refractivity contribution in [2.24, 2.45) is 0 Å². The van der Waals surface area contributed by atoms with Gasteiger partial charge in [0.25, 0.3) is 5.91 Å². The molecule has 1 heterocycles. The zero-order valence-corrected chi connectivity index (χ0v) is 12.0. The van der Waals surface area contributed by atoms with E-state index in [9.17, 15) is 9.18 Å². The summed E-state index contributed by atoms with van der Waals surface area (Å²) in [6.07, 6.45) is 2.17. The van der Waals surface area contributed by atoms with E-state index >= 15 is 0 Å². The Balaban J connectivity index is 2.04. The van der Waals surface area contributed by atoms with Crippen LogP contribution in [0.15, 0.2) is 18.2 Å². The standard InChI is InChI=1S/C16H19FN2O2/c1-19-8-2-5-13(19)11-18-16(21)14-10-12(4-3-9-20)6-7-15(14)17/h6-7,10,13,20H,2,5,8-9,11H2,1H3,(H,18,21). The average Bonchev–Trinajstić information content (AvgIpc) is 2.89. The summed E-state index contributed by atoms with van der Waals surface area (Å²) in [5.74, 6) is 4.15. The Hall–Kier alpha value is -1.90. The lowest BCUT2D eigenvalue weighted by atomic mass is 10.1. The van der Waals surface area contributed by atoms with Gasteiger partial charge in [-0.2, -0.15) is 0 Å². The predicted octanol–water partition coefficient (Wildman–Crippen LogP) is 0.993. The van der Waals surface area contributed by atoms with Gasteiger partial charge in [0.2, 0.25) is 0 Å². The summed E-state index contributed by atoms with van der Waals surface area (Å²) in [5, 5.41) is 11.4. The first-order valence-corrected chi connectivity index (χ1v) is 6.99. The maximum Gasteiger partial charge on any atom is 0.254 e. The fourth-order valence-electron chi connectivity index (χ4n) is 2.46. The lowest BCUT2D eigenvalue weighted by Gasteiger charge is -2.19. The molecule has 1 aliphatic rings. The number of aliphatic hydroxyl groups is 1. The molecule has 1 aliphatic heterocycles. The molecule has 21 heavy (non-hydrogen) atoms. The van der Waals surface area contributed by atoms with Gasteiger partial charge in [0.1, 0.15) is 12.4 Å². The molecule has 1 unspecified atom stereocenters. The second-order valence-corrected chi connectivity index (χ2v) is 5.14. The van der Waals surface area contributed by atoms with Crippen LogP contribution in [0.2, 0.25) is 0 Å². The van der Waals surface area contributed by atoms with E-state index in [-0.39, 0.29) is 12.2 Å². The van der Waals surface area contributed by atoms with Gasteiger partial charge in [-0.15, -0.1) is 0 Å². The minimum atomic E-state index is -0.568. The molecule has 1 fully saturated rings. The average molecular weight is 290 g/mol. The quantitative estimate of drug-likeness (QED) is 0.816. The number of likely N-dealkylation sites (tertiary alicyclic amines) is 1. The van der Waals surface area contributed by atoms with E-state index in [1.54, 1.807) is 0 Å². The van der Waals surface area contributed by atoms with Crippen molar-refractivity contribution in [3.05, 3.63) is 35.1 Å². The van der Waals surface area contributed by atoms with Crippen molar-refractivity contribution in [2.75, 3.05) is 26.7 Å². The molecule has 0 radical (unpaired) electrons. The van der Waals surface area contributed by atoms with Crippen molar-refractivity contribution in [1.82, 2.24) is 10.2 Å². The van der Waals surface area contributed by atoms with Crippen molar-refractivity contribution in [1.29, 1.82) is 0 Å². The fraction of sp³-hybridized carbons (Fsp3) is 0.438. The molecule has 2 rings (SSSR count). The van der Waals surface area contributed by atoms with Crippen molar-refractivity contribution >= 4 is 5.91 Å². The number of hydrogen-bond acceptors (Lipinski definition) is 3. The number of hydrogen-bond donors (Lipinski definition) is 2. The van der Waals surface area contributed by atoms with Crippen LogP contribution in [0.5, 0.6) is 0 Å². The van der Waals surface area contributed by atoms with Gasteiger partial charge < -0.3 is 15.3 Å². The fourth-order valence-corrected chi connectivity index (χ4v) is 2.46. The molecule has 1 amide bonds. The van der Waals surface area contributed by atoms with E-state index in [1.807, 2.05) is 7.05 Å². The van der Waals surface area contributed by atoms with Crippen LogP contribution >= 0.6 is 0 Å². The third kappa shape index (κ3) is 4.03. The maximum atomic E-state index is 13.8. The van der Waals surface area contributed by atoms with Crippen LogP contribution < -0.4 is 5.32 Å². The molecular weight excluding hydrogens is 271 g/mol. The third-order valence-electron chi connectivity index (χ3n) is 3.69. The molecule has 1 atom stereocenters. The number of carbonyl (C=O) groups excluding carboxylic acids is 1. The Labute approximate surface area is 124 Å². The number of carbonyl (C=O) groups is 1. The van der Waals surface area contributed by atoms with E-state index in [0.29, 0.717) is 18.2 Å². The van der Waals surface area contributed by atoms with Crippen LogP contribution in [-0.4, -0.2) is 48.7 Å². The van der Waals surface area contributed by atoms with Gasteiger partial charge in [-0.25, -0.2) is 4.39 Å². The third-order valence-corrected chi connectivity index (χ3v) is 3.69. The van der Waals surface area contributed by atoms with E-state index in [1.165, 1.54) is 18.2 Å². The van der Waals surface area contributed by atoms with Gasteiger partial charge >= 0.3 is 0 Å². The predicted molar refractivity (Wildman–Crippen MR) is 78.3 cm³/mol. The molecule has 1 aromatic rings. The highest BCUT2D eigenvalue weighted by molar-refractivity contribution is 5.94. The van der Waals surface area contributed by atoms with Gasteiger partial charge in [0.15, 0.2) is 0 Å². The molecule has 0 spiro atoms. The number of nitrogens with one attached hydrogen (secondary N) is 1. The van der Waals surface area contributed by atoms with Gasteiger partial charge in [-0.3, -0.25) is 4.79 Å². The number of nitrogens with zero attached hydrogens (tertiary/aromatic N) is 1. The Morgan fingerprint density at radius 3 is 3.05 bits per heavy atom. The molecule has 5 heteroatoms. The van der Waals surface area contributed by atoms with E-state index in [2.05, 4.69) is 22.1 Å². The number of benzene rings is 1. The molecular formula is C16H19FN2O2. The summed E-state index contributed by atoms with van der Waals surface area (Å²) in [6.45, 7) is 1.27. The summed E-state index contributed by atoms with van der Waals surface area (Å²) < 4.78 is 13.8. The first kappa shape index (κ1) is 15.5. The number of halogens is 1. The Bertz CT molecular complexity index is 577. The van der Waals surface area contributed by atoms with E-state index in [0.717, 1.165) is 19.4 Å². The van der Waals surface area contributed by atoms with Crippen molar-refractivity contribution in [2.45, 2.75) is 18.9 Å². The first-order valence-electron chi connectivity index (χ1n) is 6.99. The van der Waals surface area contributed by atoms with Crippen LogP contribution in [0.3, 0.4) is 0 Å². The maximum absolute atomic E-state index is 13.8. The molecule has 0 aromatic heterocycles. The summed E-state index contributed by atoms with van der Waals surface area (Å²) in [5.41, 5.74) is 0.494. The highest BCUT2D eigenvalue weighted by atomic mass is 19.1. The first-order chi connectivity index (χ1) is 10.1. The van der Waals surface area contributed by atoms with Gasteiger partial charge in [0, 0.05) is 18.2 Å². The smallest absolute Gasteiger partial charge is 0.254 e. The highest BCUT2D eigenvalue weighted by Crippen LogP contribution is 2.14. The summed E-state index contributed by atoms with van der Waals surface area (Å²) in [6, 6.07) is 4.43. The van der Waals surface area contributed by atoms with Crippen LogP contribution in [0.1, 0.15) is 28.8 Å². The summed E-state index contributed by atoms with van der Waals surface area (Å²) in [4.78, 5) is 14.3. The molecule has 1 saturated heterocycles. The van der Waals surface area contributed by atoms with Crippen LogP contribution in [0.4, 0.5) is 4.39 Å². The van der Waals surface area contributed by atoms with Gasteiger partial charge in [0.05, 0.1) is 5.56 Å². The lowest BCUT2D eigenvalue weighted by molar-refractivity contribution is 0.0939. The van der Waals surface area contributed by atoms with Crippen LogP contribution in [0, 0.1) is 17.7 Å². The highest BCUT2D eigenvalue weighted by Gasteiger charge is 2.22. The Kier molecular flexibility index (Phi) is 5.32. The number of aliphatic hydroxyl groups excluding tert-OH is 1. The molecule has 112 valence electrons. The monoisotopic (exact) mass is 290 g/mol. The van der Waals surface area contributed by atoms with Crippen molar-refractivity contribution in [3.63, 3.8) is 0 Å². The van der Waals surface area contributed by atoms with Crippen LogP contribution in [-0.2, 0) is 0 Å². The number of rotatable bonds is 3. The summed E-state index contributed by atoms with van der Waals surface area (Å²) >= 11 is 0. The molecule has 0 aliphatic carbocycles. The van der Waals surface area contributed by atoms with Crippen LogP contribution in [0.25, 0.3) is 0 Å². The zero-order valence-electron chi connectivity index (χ0n) is 12.0. The van der Waals surface area contributed by atoms with Crippen molar-refractivity contribution in [3.8, 4) is 11.8 Å². The normalized spacial score (nSPS) is 18.1. The Morgan fingerprint density at radius 1 is 1.57 bits per heavy atom. The lowest BCUT2D eigenvalue weighted by Crippen LogP contribution is -2.38. The SMILES string of the molecule is CN1CCCC1CNC(=O)c1cc(C#CCO)ccc1F. The van der Waals surface area contributed by atoms with Gasteiger partial charge in [-0.05, 0) is 44.6 Å². The minimum Gasteiger partial charge on any atom is -0.384 e. The largest absolute Gasteiger partial charge is 0.384 e. The van der Waals surface area contributed by atoms with Gasteiger partial charge in [-0.1, -0.05) is 11.8 Å². The Morgan fingerprint density at radius 2 is 2.38 bits per heavy atom.